The van der Waals surface area contributed by atoms with Gasteiger partial charge in [-0.15, -0.1) is 10.2 Å². The van der Waals surface area contributed by atoms with Crippen LogP contribution in [0.2, 0.25) is 0 Å². The van der Waals surface area contributed by atoms with Gasteiger partial charge in [-0.2, -0.15) is 4.80 Å². The summed E-state index contributed by atoms with van der Waals surface area (Å²) < 4.78 is 11.1. The van der Waals surface area contributed by atoms with Crippen molar-refractivity contribution in [3.63, 3.8) is 0 Å². The van der Waals surface area contributed by atoms with E-state index < -0.39 is 5.60 Å². The standard InChI is InChI=1S/C23H22N4O3/c1-23(2,30-18-9-5-4-6-10-18)22(28)24-16-12-13-20-21(14-16)26-27(25-20)17-8-7-11-19(15-17)29-3/h4-15H,1-3H3,(H,24,28). The van der Waals surface area contributed by atoms with Gasteiger partial charge < -0.3 is 14.8 Å². The summed E-state index contributed by atoms with van der Waals surface area (Å²) in [6.45, 7) is 3.46. The lowest BCUT2D eigenvalue weighted by Crippen LogP contribution is -2.42. The predicted octanol–water partition coefficient (Wildman–Crippen LogP) is 4.23. The maximum absolute atomic E-state index is 12.8. The number of hydrogen-bond donors (Lipinski definition) is 1. The van der Waals surface area contributed by atoms with Gasteiger partial charge in [0.2, 0.25) is 0 Å². The average molecular weight is 402 g/mol. The molecular formula is C23H22N4O3. The molecule has 3 aromatic carbocycles. The number of fused-ring (bicyclic) bond motifs is 1. The van der Waals surface area contributed by atoms with Crippen molar-refractivity contribution in [3.8, 4) is 17.2 Å². The molecule has 0 bridgehead atoms. The Hall–Kier alpha value is -3.87. The summed E-state index contributed by atoms with van der Waals surface area (Å²) in [5.74, 6) is 1.10. The number of aromatic nitrogens is 3. The zero-order valence-electron chi connectivity index (χ0n) is 17.0. The van der Waals surface area contributed by atoms with Gasteiger partial charge in [0, 0.05) is 11.8 Å². The normalized spacial score (nSPS) is 11.3. The molecule has 0 aliphatic rings. The second kappa shape index (κ2) is 7.87. The predicted molar refractivity (Wildman–Crippen MR) is 115 cm³/mol. The molecule has 0 radical (unpaired) electrons. The Morgan fingerprint density at radius 1 is 0.900 bits per heavy atom. The van der Waals surface area contributed by atoms with E-state index in [2.05, 4.69) is 15.5 Å². The van der Waals surface area contributed by atoms with Crippen LogP contribution in [-0.4, -0.2) is 33.6 Å². The van der Waals surface area contributed by atoms with Crippen LogP contribution in [0.5, 0.6) is 11.5 Å². The topological polar surface area (TPSA) is 78.3 Å². The highest BCUT2D eigenvalue weighted by molar-refractivity contribution is 5.98. The van der Waals surface area contributed by atoms with Crippen molar-refractivity contribution in [3.05, 3.63) is 72.8 Å². The molecule has 1 heterocycles. The van der Waals surface area contributed by atoms with E-state index in [0.29, 0.717) is 17.0 Å². The number of amides is 1. The minimum atomic E-state index is -1.05. The van der Waals surface area contributed by atoms with E-state index in [9.17, 15) is 4.79 Å². The number of para-hydroxylation sites is 1. The molecule has 0 spiro atoms. The number of rotatable bonds is 6. The summed E-state index contributed by atoms with van der Waals surface area (Å²) in [4.78, 5) is 14.3. The van der Waals surface area contributed by atoms with Crippen LogP contribution in [0.15, 0.2) is 72.8 Å². The minimum Gasteiger partial charge on any atom is -0.497 e. The van der Waals surface area contributed by atoms with Gasteiger partial charge in [-0.05, 0) is 56.3 Å². The Kier molecular flexibility index (Phi) is 5.10. The number of nitrogens with zero attached hydrogens (tertiary/aromatic N) is 3. The Balaban J connectivity index is 1.54. The fraction of sp³-hybridized carbons (Fsp3) is 0.174. The Labute approximate surface area is 174 Å². The van der Waals surface area contributed by atoms with Gasteiger partial charge in [-0.1, -0.05) is 24.3 Å². The molecule has 0 saturated heterocycles. The SMILES string of the molecule is COc1cccc(-n2nc3ccc(NC(=O)C(C)(C)Oc4ccccc4)cc3n2)c1. The highest BCUT2D eigenvalue weighted by atomic mass is 16.5. The molecule has 30 heavy (non-hydrogen) atoms. The van der Waals surface area contributed by atoms with Gasteiger partial charge in [0.05, 0.1) is 12.8 Å². The first kappa shape index (κ1) is 19.4. The van der Waals surface area contributed by atoms with Crippen LogP contribution in [0, 0.1) is 0 Å². The average Bonchev–Trinajstić information content (AvgIpc) is 3.17. The van der Waals surface area contributed by atoms with Crippen LogP contribution >= 0.6 is 0 Å². The van der Waals surface area contributed by atoms with Crippen molar-refractivity contribution in [1.82, 2.24) is 15.0 Å². The molecule has 0 fully saturated rings. The van der Waals surface area contributed by atoms with Gasteiger partial charge in [0.15, 0.2) is 5.60 Å². The van der Waals surface area contributed by atoms with Crippen LogP contribution in [-0.2, 0) is 4.79 Å². The van der Waals surface area contributed by atoms with Crippen molar-refractivity contribution in [2.24, 2.45) is 0 Å². The molecule has 0 aliphatic heterocycles. The number of methoxy groups -OCH3 is 1. The van der Waals surface area contributed by atoms with Crippen LogP contribution in [0.1, 0.15) is 13.8 Å². The summed E-state index contributed by atoms with van der Waals surface area (Å²) in [6.07, 6.45) is 0. The summed E-state index contributed by atoms with van der Waals surface area (Å²) in [7, 11) is 1.62. The van der Waals surface area contributed by atoms with E-state index in [1.165, 1.54) is 0 Å². The van der Waals surface area contributed by atoms with Gasteiger partial charge >= 0.3 is 0 Å². The number of carbonyl (C=O) groups is 1. The highest BCUT2D eigenvalue weighted by Gasteiger charge is 2.30. The van der Waals surface area contributed by atoms with Crippen LogP contribution in [0.4, 0.5) is 5.69 Å². The quantitative estimate of drug-likeness (QED) is 0.522. The lowest BCUT2D eigenvalue weighted by atomic mass is 10.1. The molecular weight excluding hydrogens is 380 g/mol. The zero-order valence-corrected chi connectivity index (χ0v) is 17.0. The number of ether oxygens (including phenoxy) is 2. The molecule has 4 rings (SSSR count). The second-order valence-corrected chi connectivity index (χ2v) is 7.27. The van der Waals surface area contributed by atoms with E-state index in [-0.39, 0.29) is 5.91 Å². The maximum atomic E-state index is 12.8. The summed E-state index contributed by atoms with van der Waals surface area (Å²) in [5, 5.41) is 11.9. The van der Waals surface area contributed by atoms with Crippen LogP contribution in [0.25, 0.3) is 16.7 Å². The van der Waals surface area contributed by atoms with Gasteiger partial charge in [-0.3, -0.25) is 4.79 Å². The van der Waals surface area contributed by atoms with Crippen molar-refractivity contribution in [1.29, 1.82) is 0 Å². The van der Waals surface area contributed by atoms with E-state index in [1.807, 2.05) is 60.7 Å². The fourth-order valence-corrected chi connectivity index (χ4v) is 2.95. The molecule has 0 aliphatic carbocycles. The Morgan fingerprint density at radius 3 is 2.40 bits per heavy atom. The first-order valence-corrected chi connectivity index (χ1v) is 9.52. The summed E-state index contributed by atoms with van der Waals surface area (Å²) >= 11 is 0. The largest absolute Gasteiger partial charge is 0.497 e. The molecule has 1 amide bonds. The molecule has 152 valence electrons. The van der Waals surface area contributed by atoms with Crippen LogP contribution < -0.4 is 14.8 Å². The summed E-state index contributed by atoms with van der Waals surface area (Å²) in [6, 6.07) is 22.1. The van der Waals surface area contributed by atoms with Gasteiger partial charge in [0.1, 0.15) is 22.5 Å². The number of hydrogen-bond acceptors (Lipinski definition) is 5. The van der Waals surface area contributed by atoms with E-state index in [4.69, 9.17) is 9.47 Å². The number of anilines is 1. The highest BCUT2D eigenvalue weighted by Crippen LogP contribution is 2.22. The molecule has 1 N–H and O–H groups in total. The lowest BCUT2D eigenvalue weighted by molar-refractivity contribution is -0.128. The smallest absolute Gasteiger partial charge is 0.267 e. The van der Waals surface area contributed by atoms with Crippen molar-refractivity contribution >= 4 is 22.6 Å². The van der Waals surface area contributed by atoms with E-state index >= 15 is 0 Å². The van der Waals surface area contributed by atoms with Crippen LogP contribution in [0.3, 0.4) is 0 Å². The molecule has 1 aromatic heterocycles. The monoisotopic (exact) mass is 402 g/mol. The lowest BCUT2D eigenvalue weighted by Gasteiger charge is -2.25. The molecule has 7 heteroatoms. The first-order chi connectivity index (χ1) is 14.4. The summed E-state index contributed by atoms with van der Waals surface area (Å²) in [5.41, 5.74) is 1.74. The number of benzene rings is 3. The number of carbonyl (C=O) groups excluding carboxylic acids is 1. The Bertz CT molecular complexity index is 1190. The third kappa shape index (κ3) is 4.10. The van der Waals surface area contributed by atoms with Gasteiger partial charge in [0.25, 0.3) is 5.91 Å². The van der Waals surface area contributed by atoms with Crippen molar-refractivity contribution in [2.45, 2.75) is 19.4 Å². The first-order valence-electron chi connectivity index (χ1n) is 9.52. The molecule has 4 aromatic rings. The maximum Gasteiger partial charge on any atom is 0.267 e. The molecule has 0 saturated carbocycles. The number of nitrogens with one attached hydrogen (secondary N) is 1. The van der Waals surface area contributed by atoms with Gasteiger partial charge in [-0.25, -0.2) is 0 Å². The molecule has 0 unspecified atom stereocenters. The van der Waals surface area contributed by atoms with E-state index in [1.54, 1.807) is 37.9 Å². The zero-order chi connectivity index (χ0) is 21.1. The second-order valence-electron chi connectivity index (χ2n) is 7.27. The van der Waals surface area contributed by atoms with Crippen molar-refractivity contribution in [2.75, 3.05) is 12.4 Å². The minimum absolute atomic E-state index is 0.258. The van der Waals surface area contributed by atoms with E-state index in [0.717, 1.165) is 17.0 Å². The fourth-order valence-electron chi connectivity index (χ4n) is 2.95. The third-order valence-corrected chi connectivity index (χ3v) is 4.59. The third-order valence-electron chi connectivity index (χ3n) is 4.59. The Morgan fingerprint density at radius 2 is 1.63 bits per heavy atom. The molecule has 0 atom stereocenters. The molecule has 7 nitrogen and oxygen atoms in total. The van der Waals surface area contributed by atoms with Crippen molar-refractivity contribution < 1.29 is 14.3 Å².